The lowest BCUT2D eigenvalue weighted by molar-refractivity contribution is 0.0950. The molecule has 0 bridgehead atoms. The van der Waals surface area contributed by atoms with Gasteiger partial charge in [-0.15, -0.1) is 0 Å². The van der Waals surface area contributed by atoms with Crippen LogP contribution in [0.15, 0.2) is 36.7 Å². The first-order chi connectivity index (χ1) is 9.08. The minimum absolute atomic E-state index is 0.0302. The number of benzene rings is 1. The van der Waals surface area contributed by atoms with E-state index in [2.05, 4.69) is 23.3 Å². The quantitative estimate of drug-likeness (QED) is 0.915. The third kappa shape index (κ3) is 3.19. The average molecular weight is 254 g/mol. The van der Waals surface area contributed by atoms with Crippen molar-refractivity contribution in [3.05, 3.63) is 64.5 Å². The highest BCUT2D eigenvalue weighted by molar-refractivity contribution is 5.95. The van der Waals surface area contributed by atoms with E-state index in [0.29, 0.717) is 6.54 Å². The lowest BCUT2D eigenvalue weighted by atomic mass is 10.0. The number of carbonyl (C=O) groups is 1. The molecule has 0 saturated carbocycles. The van der Waals surface area contributed by atoms with E-state index in [4.69, 9.17) is 0 Å². The molecule has 0 atom stereocenters. The Morgan fingerprint density at radius 2 is 1.68 bits per heavy atom. The molecule has 1 aromatic heterocycles. The topological polar surface area (TPSA) is 42.0 Å². The Balaban J connectivity index is 2.10. The van der Waals surface area contributed by atoms with Crippen LogP contribution in [0.5, 0.6) is 0 Å². The molecule has 3 nitrogen and oxygen atoms in total. The van der Waals surface area contributed by atoms with Crippen LogP contribution in [0.3, 0.4) is 0 Å². The van der Waals surface area contributed by atoms with Crippen molar-refractivity contribution in [2.75, 3.05) is 0 Å². The normalized spacial score (nSPS) is 10.3. The Morgan fingerprint density at radius 1 is 1.05 bits per heavy atom. The van der Waals surface area contributed by atoms with Gasteiger partial charge in [0.05, 0.1) is 0 Å². The van der Waals surface area contributed by atoms with E-state index in [1.807, 2.05) is 32.0 Å². The van der Waals surface area contributed by atoms with Crippen molar-refractivity contribution in [3.8, 4) is 0 Å². The van der Waals surface area contributed by atoms with Gasteiger partial charge >= 0.3 is 0 Å². The molecule has 1 amide bonds. The van der Waals surface area contributed by atoms with Crippen molar-refractivity contribution in [1.29, 1.82) is 0 Å². The van der Waals surface area contributed by atoms with Crippen LogP contribution >= 0.6 is 0 Å². The second kappa shape index (κ2) is 5.65. The van der Waals surface area contributed by atoms with E-state index < -0.39 is 0 Å². The maximum Gasteiger partial charge on any atom is 0.251 e. The summed E-state index contributed by atoms with van der Waals surface area (Å²) in [7, 11) is 0. The minimum atomic E-state index is -0.0302. The first kappa shape index (κ1) is 13.3. The van der Waals surface area contributed by atoms with Crippen molar-refractivity contribution in [2.24, 2.45) is 0 Å². The predicted molar refractivity (Wildman–Crippen MR) is 76.1 cm³/mol. The molecule has 0 fully saturated rings. The summed E-state index contributed by atoms with van der Waals surface area (Å²) in [5, 5.41) is 2.94. The molecular weight excluding hydrogens is 236 g/mol. The van der Waals surface area contributed by atoms with E-state index in [-0.39, 0.29) is 5.91 Å². The first-order valence-corrected chi connectivity index (χ1v) is 6.33. The van der Waals surface area contributed by atoms with Crippen molar-refractivity contribution >= 4 is 5.91 Å². The SMILES string of the molecule is Cc1cc(C)c(C(=O)NCc2ccncc2)cc1C. The number of hydrogen-bond acceptors (Lipinski definition) is 2. The number of hydrogen-bond donors (Lipinski definition) is 1. The molecule has 0 aliphatic heterocycles. The van der Waals surface area contributed by atoms with Crippen molar-refractivity contribution in [3.63, 3.8) is 0 Å². The molecule has 1 heterocycles. The van der Waals surface area contributed by atoms with Crippen molar-refractivity contribution in [1.82, 2.24) is 10.3 Å². The lowest BCUT2D eigenvalue weighted by Crippen LogP contribution is -2.23. The van der Waals surface area contributed by atoms with Gasteiger partial charge in [0.15, 0.2) is 0 Å². The molecule has 0 unspecified atom stereocenters. The van der Waals surface area contributed by atoms with Gasteiger partial charge in [0, 0.05) is 24.5 Å². The minimum Gasteiger partial charge on any atom is -0.348 e. The molecule has 1 aromatic carbocycles. The number of pyridine rings is 1. The van der Waals surface area contributed by atoms with Crippen LogP contribution in [-0.4, -0.2) is 10.9 Å². The Kier molecular flexibility index (Phi) is 3.95. The zero-order valence-corrected chi connectivity index (χ0v) is 11.5. The number of carbonyl (C=O) groups excluding carboxylic acids is 1. The molecule has 0 radical (unpaired) electrons. The van der Waals surface area contributed by atoms with Gasteiger partial charge in [0.25, 0.3) is 5.91 Å². The number of aromatic nitrogens is 1. The fourth-order valence-electron chi connectivity index (χ4n) is 1.98. The van der Waals surface area contributed by atoms with Crippen LogP contribution in [0.1, 0.15) is 32.6 Å². The van der Waals surface area contributed by atoms with Crippen LogP contribution < -0.4 is 5.32 Å². The molecular formula is C16H18N2O. The molecule has 2 aromatic rings. The van der Waals surface area contributed by atoms with E-state index >= 15 is 0 Å². The number of nitrogens with one attached hydrogen (secondary N) is 1. The maximum absolute atomic E-state index is 12.2. The fourth-order valence-corrected chi connectivity index (χ4v) is 1.98. The summed E-state index contributed by atoms with van der Waals surface area (Å²) in [6.07, 6.45) is 3.45. The first-order valence-electron chi connectivity index (χ1n) is 6.33. The third-order valence-corrected chi connectivity index (χ3v) is 3.29. The number of amides is 1. The van der Waals surface area contributed by atoms with Crippen LogP contribution in [0, 0.1) is 20.8 Å². The van der Waals surface area contributed by atoms with E-state index in [0.717, 1.165) is 22.3 Å². The second-order valence-electron chi connectivity index (χ2n) is 4.79. The Labute approximate surface area is 113 Å². The van der Waals surface area contributed by atoms with Crippen LogP contribution in [0.25, 0.3) is 0 Å². The summed E-state index contributed by atoms with van der Waals surface area (Å²) in [5.41, 5.74) is 5.15. The molecule has 0 aliphatic carbocycles. The molecule has 0 saturated heterocycles. The van der Waals surface area contributed by atoms with Gasteiger partial charge < -0.3 is 5.32 Å². The predicted octanol–water partition coefficient (Wildman–Crippen LogP) is 2.94. The molecule has 98 valence electrons. The van der Waals surface area contributed by atoms with E-state index in [9.17, 15) is 4.79 Å². The Morgan fingerprint density at radius 3 is 2.37 bits per heavy atom. The highest BCUT2D eigenvalue weighted by Gasteiger charge is 2.10. The van der Waals surface area contributed by atoms with Gasteiger partial charge in [0.1, 0.15) is 0 Å². The number of aryl methyl sites for hydroxylation is 3. The average Bonchev–Trinajstić information content (AvgIpc) is 2.41. The summed E-state index contributed by atoms with van der Waals surface area (Å²) in [4.78, 5) is 16.1. The second-order valence-corrected chi connectivity index (χ2v) is 4.79. The van der Waals surface area contributed by atoms with Crippen LogP contribution in [0.2, 0.25) is 0 Å². The van der Waals surface area contributed by atoms with Crippen LogP contribution in [0.4, 0.5) is 0 Å². The number of nitrogens with zero attached hydrogens (tertiary/aromatic N) is 1. The van der Waals surface area contributed by atoms with Crippen molar-refractivity contribution < 1.29 is 4.79 Å². The summed E-state index contributed by atoms with van der Waals surface area (Å²) in [6, 6.07) is 7.80. The highest BCUT2D eigenvalue weighted by Crippen LogP contribution is 2.15. The largest absolute Gasteiger partial charge is 0.348 e. The summed E-state index contributed by atoms with van der Waals surface area (Å²) in [5.74, 6) is -0.0302. The fraction of sp³-hybridized carbons (Fsp3) is 0.250. The maximum atomic E-state index is 12.2. The Bertz CT molecular complexity index is 591. The third-order valence-electron chi connectivity index (χ3n) is 3.29. The monoisotopic (exact) mass is 254 g/mol. The van der Waals surface area contributed by atoms with Gasteiger partial charge in [-0.05, 0) is 61.2 Å². The zero-order valence-electron chi connectivity index (χ0n) is 11.5. The molecule has 3 heteroatoms. The summed E-state index contributed by atoms with van der Waals surface area (Å²) >= 11 is 0. The standard InChI is InChI=1S/C16H18N2O/c1-11-8-13(3)15(9-12(11)2)16(19)18-10-14-4-6-17-7-5-14/h4-9H,10H2,1-3H3,(H,18,19). The molecule has 19 heavy (non-hydrogen) atoms. The Hall–Kier alpha value is -2.16. The van der Waals surface area contributed by atoms with E-state index in [1.165, 1.54) is 5.56 Å². The highest BCUT2D eigenvalue weighted by atomic mass is 16.1. The van der Waals surface area contributed by atoms with Gasteiger partial charge in [-0.2, -0.15) is 0 Å². The smallest absolute Gasteiger partial charge is 0.251 e. The van der Waals surface area contributed by atoms with Gasteiger partial charge in [-0.1, -0.05) is 6.07 Å². The zero-order chi connectivity index (χ0) is 13.8. The van der Waals surface area contributed by atoms with Gasteiger partial charge in [0.2, 0.25) is 0 Å². The van der Waals surface area contributed by atoms with Crippen molar-refractivity contribution in [2.45, 2.75) is 27.3 Å². The number of rotatable bonds is 3. The summed E-state index contributed by atoms with van der Waals surface area (Å²) in [6.45, 7) is 6.57. The van der Waals surface area contributed by atoms with Crippen LogP contribution in [-0.2, 0) is 6.54 Å². The lowest BCUT2D eigenvalue weighted by Gasteiger charge is -2.10. The van der Waals surface area contributed by atoms with Gasteiger partial charge in [-0.25, -0.2) is 0 Å². The van der Waals surface area contributed by atoms with Gasteiger partial charge in [-0.3, -0.25) is 9.78 Å². The van der Waals surface area contributed by atoms with E-state index in [1.54, 1.807) is 12.4 Å². The molecule has 0 aliphatic rings. The molecule has 2 rings (SSSR count). The molecule has 1 N–H and O–H groups in total. The summed E-state index contributed by atoms with van der Waals surface area (Å²) < 4.78 is 0. The molecule has 0 spiro atoms.